The molecule has 0 radical (unpaired) electrons. The second-order valence-corrected chi connectivity index (χ2v) is 20.8. The van der Waals surface area contributed by atoms with Crippen molar-refractivity contribution in [3.8, 4) is 0 Å². The highest BCUT2D eigenvalue weighted by Gasteiger charge is 2.54. The fourth-order valence-corrected chi connectivity index (χ4v) is 13.1. The molecular formula is C46H62F3N5O5S. The van der Waals surface area contributed by atoms with Gasteiger partial charge in [-0.3, -0.25) is 19.4 Å². The first-order valence-corrected chi connectivity index (χ1v) is 23.8. The molecule has 2 aromatic rings. The van der Waals surface area contributed by atoms with Crippen LogP contribution in [0.25, 0.3) is 0 Å². The summed E-state index contributed by atoms with van der Waals surface area (Å²) in [5.74, 6) is -0.841. The van der Waals surface area contributed by atoms with Gasteiger partial charge in [-0.05, 0) is 138 Å². The van der Waals surface area contributed by atoms with Crippen LogP contribution >= 0.6 is 0 Å². The zero-order valence-corrected chi connectivity index (χ0v) is 35.9. The van der Waals surface area contributed by atoms with E-state index in [1.54, 1.807) is 17.0 Å². The van der Waals surface area contributed by atoms with Crippen molar-refractivity contribution >= 4 is 27.4 Å². The first-order chi connectivity index (χ1) is 28.9. The number of piperidine rings is 2. The average molecular weight is 854 g/mol. The molecule has 0 N–H and O–H groups in total. The number of sulfone groups is 1. The number of likely N-dealkylation sites (tertiary alicyclic amines) is 4. The van der Waals surface area contributed by atoms with Crippen molar-refractivity contribution in [3.05, 3.63) is 71.8 Å². The summed E-state index contributed by atoms with van der Waals surface area (Å²) in [6.07, 6.45) is 13.0. The number of nitrogens with zero attached hydrogens (tertiary/aromatic N) is 5. The van der Waals surface area contributed by atoms with Crippen LogP contribution in [0, 0.1) is 29.4 Å². The van der Waals surface area contributed by atoms with E-state index in [0.29, 0.717) is 26.1 Å². The molecule has 0 aromatic heterocycles. The number of carbonyl (C=O) groups excluding carboxylic acids is 2. The largest absolute Gasteiger partial charge is 0.469 e. The predicted molar refractivity (Wildman–Crippen MR) is 225 cm³/mol. The molecule has 6 aliphatic rings. The van der Waals surface area contributed by atoms with Crippen LogP contribution in [-0.4, -0.2) is 143 Å². The highest BCUT2D eigenvalue weighted by atomic mass is 32.2. The highest BCUT2D eigenvalue weighted by molar-refractivity contribution is 7.92. The number of carbonyl (C=O) groups is 2. The molecule has 5 saturated heterocycles. The lowest BCUT2D eigenvalue weighted by Crippen LogP contribution is -2.65. The maximum absolute atomic E-state index is 16.3. The summed E-state index contributed by atoms with van der Waals surface area (Å²) < 4.78 is 78.9. The second kappa shape index (κ2) is 18.1. The van der Waals surface area contributed by atoms with E-state index in [0.717, 1.165) is 95.7 Å². The SMILES string of the molecule is COC(=O)C[C@H]1CCC[C@@H]1[C@](CN1CCC1)(c1cccc(F)c1)C1CCN(CC2(F)CN(c3ccc(S(=O)(=O)C4CN(C(=O)/C=C/CN5CCCCC5)C4)cc3F)C2)CC1. The van der Waals surface area contributed by atoms with E-state index in [1.165, 1.54) is 42.7 Å². The van der Waals surface area contributed by atoms with Gasteiger partial charge in [-0.1, -0.05) is 31.1 Å². The molecule has 1 saturated carbocycles. The topological polar surface area (TPSA) is 93.7 Å². The minimum Gasteiger partial charge on any atom is -0.469 e. The van der Waals surface area contributed by atoms with E-state index in [1.807, 2.05) is 6.08 Å². The van der Waals surface area contributed by atoms with Crippen molar-refractivity contribution in [3.63, 3.8) is 0 Å². The Bertz CT molecular complexity index is 1990. The van der Waals surface area contributed by atoms with E-state index in [9.17, 15) is 18.0 Å². The number of esters is 1. The Balaban J connectivity index is 0.871. The van der Waals surface area contributed by atoms with Gasteiger partial charge in [0, 0.05) is 50.6 Å². The standard InChI is InChI=1S/C46H62F3N5O5S/c1-59-44(56)25-34-9-5-12-40(34)46(33-51-21-8-22-51,36-10-6-11-37(47)26-36)35-16-23-52(24-17-35)30-45(49)31-54(32-45)42-15-14-38(27-41(42)48)60(57,58)39-28-53(29-39)43(55)13-7-20-50-18-3-2-4-19-50/h6-7,10-11,13-15,26-27,34-35,39-40H,2-5,8-9,12,16-25,28-33H2,1H3/b13-7+/t34-,40+,46+/m1/s1. The van der Waals surface area contributed by atoms with Gasteiger partial charge >= 0.3 is 5.97 Å². The van der Waals surface area contributed by atoms with E-state index in [4.69, 9.17) is 4.74 Å². The van der Waals surface area contributed by atoms with Gasteiger partial charge in [0.15, 0.2) is 15.5 Å². The Morgan fingerprint density at radius 2 is 1.60 bits per heavy atom. The number of benzene rings is 2. The number of methoxy groups -OCH3 is 1. The zero-order chi connectivity index (χ0) is 42.1. The lowest BCUT2D eigenvalue weighted by Gasteiger charge is -2.54. The number of hydrogen-bond donors (Lipinski definition) is 0. The molecular weight excluding hydrogens is 792 g/mol. The Kier molecular flexibility index (Phi) is 13.0. The summed E-state index contributed by atoms with van der Waals surface area (Å²) in [6.45, 7) is 7.27. The molecule has 14 heteroatoms. The molecule has 0 unspecified atom stereocenters. The lowest BCUT2D eigenvalue weighted by molar-refractivity contribution is -0.142. The van der Waals surface area contributed by atoms with Crippen molar-refractivity contribution in [1.29, 1.82) is 0 Å². The summed E-state index contributed by atoms with van der Waals surface area (Å²) in [7, 11) is -2.43. The summed E-state index contributed by atoms with van der Waals surface area (Å²) in [6, 6.07) is 10.9. The number of anilines is 1. The van der Waals surface area contributed by atoms with Crippen molar-refractivity contribution in [2.24, 2.45) is 17.8 Å². The molecule has 328 valence electrons. The van der Waals surface area contributed by atoms with Gasteiger partial charge in [0.1, 0.15) is 16.9 Å². The van der Waals surface area contributed by atoms with Gasteiger partial charge in [-0.15, -0.1) is 0 Å². The van der Waals surface area contributed by atoms with Crippen LogP contribution in [0.4, 0.5) is 18.9 Å². The molecule has 1 amide bonds. The zero-order valence-electron chi connectivity index (χ0n) is 35.1. The predicted octanol–water partition coefficient (Wildman–Crippen LogP) is 5.85. The molecule has 10 nitrogen and oxygen atoms in total. The van der Waals surface area contributed by atoms with Gasteiger partial charge in [0.05, 0.1) is 30.8 Å². The monoisotopic (exact) mass is 853 g/mol. The molecule has 0 bridgehead atoms. The summed E-state index contributed by atoms with van der Waals surface area (Å²) in [5, 5.41) is -0.803. The number of halogens is 3. The summed E-state index contributed by atoms with van der Waals surface area (Å²) >= 11 is 0. The lowest BCUT2D eigenvalue weighted by atomic mass is 9.56. The second-order valence-electron chi connectivity index (χ2n) is 18.6. The van der Waals surface area contributed by atoms with Gasteiger partial charge in [0.2, 0.25) is 5.91 Å². The molecule has 8 rings (SSSR count). The summed E-state index contributed by atoms with van der Waals surface area (Å²) in [4.78, 5) is 35.2. The van der Waals surface area contributed by atoms with Gasteiger partial charge in [-0.25, -0.2) is 21.6 Å². The van der Waals surface area contributed by atoms with Crippen LogP contribution in [0.2, 0.25) is 0 Å². The average Bonchev–Trinajstić information content (AvgIpc) is 3.65. The van der Waals surface area contributed by atoms with Crippen molar-refractivity contribution < 1.29 is 35.9 Å². The maximum Gasteiger partial charge on any atom is 0.305 e. The van der Waals surface area contributed by atoms with Gasteiger partial charge in [0.25, 0.3) is 0 Å². The van der Waals surface area contributed by atoms with Crippen LogP contribution in [0.15, 0.2) is 59.5 Å². The van der Waals surface area contributed by atoms with E-state index < -0.39 is 26.6 Å². The minimum absolute atomic E-state index is 0.000388. The molecule has 0 spiro atoms. The molecule has 6 fully saturated rings. The van der Waals surface area contributed by atoms with Gasteiger partial charge in [-0.2, -0.15) is 0 Å². The van der Waals surface area contributed by atoms with Crippen LogP contribution in [-0.2, 0) is 29.6 Å². The Labute approximate surface area is 354 Å². The minimum atomic E-state index is -3.87. The summed E-state index contributed by atoms with van der Waals surface area (Å²) in [5.41, 5.74) is -0.735. The fraction of sp³-hybridized carbons (Fsp3) is 0.652. The van der Waals surface area contributed by atoms with E-state index >= 15 is 13.2 Å². The third-order valence-electron chi connectivity index (χ3n) is 14.8. The van der Waals surface area contributed by atoms with Crippen LogP contribution < -0.4 is 4.90 Å². The molecule has 2 aromatic carbocycles. The van der Waals surface area contributed by atoms with Gasteiger partial charge < -0.3 is 19.4 Å². The van der Waals surface area contributed by atoms with Crippen LogP contribution in [0.5, 0.6) is 0 Å². The van der Waals surface area contributed by atoms with Crippen molar-refractivity contribution in [2.45, 2.75) is 85.4 Å². The third-order valence-corrected chi connectivity index (χ3v) is 16.9. The number of ether oxygens (including phenoxy) is 1. The molecule has 3 atom stereocenters. The molecule has 60 heavy (non-hydrogen) atoms. The van der Waals surface area contributed by atoms with Crippen LogP contribution in [0.1, 0.15) is 69.8 Å². The normalized spacial score (nSPS) is 25.7. The Morgan fingerprint density at radius 1 is 0.867 bits per heavy atom. The smallest absolute Gasteiger partial charge is 0.305 e. The third kappa shape index (κ3) is 9.04. The molecule has 5 aliphatic heterocycles. The Morgan fingerprint density at radius 3 is 2.27 bits per heavy atom. The number of alkyl halides is 1. The van der Waals surface area contributed by atoms with Crippen molar-refractivity contribution in [1.82, 2.24) is 19.6 Å². The first-order valence-electron chi connectivity index (χ1n) is 22.3. The Hall–Kier alpha value is -3.46. The highest BCUT2D eigenvalue weighted by Crippen LogP contribution is 2.54. The fourth-order valence-electron chi connectivity index (χ4n) is 11.4. The van der Waals surface area contributed by atoms with E-state index in [2.05, 4.69) is 20.8 Å². The quantitative estimate of drug-likeness (QED) is 0.162. The molecule has 5 heterocycles. The van der Waals surface area contributed by atoms with E-state index in [-0.39, 0.29) is 84.2 Å². The number of hydrogen-bond acceptors (Lipinski definition) is 9. The number of amides is 1. The first kappa shape index (κ1) is 43.2. The molecule has 1 aliphatic carbocycles. The van der Waals surface area contributed by atoms with Crippen molar-refractivity contribution in [2.75, 3.05) is 97.1 Å². The number of rotatable bonds is 15. The van der Waals surface area contributed by atoms with Crippen LogP contribution in [0.3, 0.4) is 0 Å². The maximum atomic E-state index is 16.3.